The zero-order valence-corrected chi connectivity index (χ0v) is 27.7. The molecule has 1 aromatic rings. The third kappa shape index (κ3) is 4.38. The van der Waals surface area contributed by atoms with Gasteiger partial charge in [0.05, 0.1) is 34.2 Å². The number of Topliss-reactive ketones (excluding diaryl/α,β-unsaturated/α-hetero) is 2. The number of alkyl halides is 3. The number of rotatable bonds is 5. The van der Waals surface area contributed by atoms with Crippen molar-refractivity contribution in [3.63, 3.8) is 0 Å². The highest BCUT2D eigenvalue weighted by atomic mass is 32.2. The van der Waals surface area contributed by atoms with Crippen LogP contribution < -0.4 is 0 Å². The van der Waals surface area contributed by atoms with Crippen molar-refractivity contribution in [2.45, 2.75) is 94.3 Å². The number of ether oxygens (including phenoxy) is 2. The number of benzene rings is 1. The molecule has 7 aliphatic rings. The summed E-state index contributed by atoms with van der Waals surface area (Å²) in [6.07, 6.45) is -4.51. The second kappa shape index (κ2) is 10.7. The Bertz CT molecular complexity index is 1680. The lowest BCUT2D eigenvalue weighted by Crippen LogP contribution is -2.85. The van der Waals surface area contributed by atoms with Gasteiger partial charge in [-0.15, -0.1) is 0 Å². The van der Waals surface area contributed by atoms with E-state index < -0.39 is 91.2 Å². The molecule has 5 saturated carbocycles. The quantitative estimate of drug-likeness (QED) is 0.338. The van der Waals surface area contributed by atoms with Crippen LogP contribution in [0.2, 0.25) is 0 Å². The third-order valence-electron chi connectivity index (χ3n) is 13.0. The number of aliphatic hydroxyl groups excluding tert-OH is 1. The van der Waals surface area contributed by atoms with Gasteiger partial charge in [-0.25, -0.2) is 8.42 Å². The molecule has 48 heavy (non-hydrogen) atoms. The van der Waals surface area contributed by atoms with E-state index in [1.807, 2.05) is 13.8 Å². The number of esters is 1. The minimum absolute atomic E-state index is 0.115. The van der Waals surface area contributed by atoms with Crippen LogP contribution in [0.1, 0.15) is 70.8 Å². The fourth-order valence-electron chi connectivity index (χ4n) is 10.8. The predicted octanol–water partition coefficient (Wildman–Crippen LogP) is 4.43. The number of carbonyl (C=O) groups is 3. The van der Waals surface area contributed by atoms with Crippen LogP contribution in [-0.4, -0.2) is 66.5 Å². The van der Waals surface area contributed by atoms with Crippen LogP contribution in [0.4, 0.5) is 13.2 Å². The van der Waals surface area contributed by atoms with Gasteiger partial charge in [0.1, 0.15) is 23.4 Å². The molecule has 2 N–H and O–H groups in total. The van der Waals surface area contributed by atoms with Gasteiger partial charge in [-0.1, -0.05) is 20.4 Å². The third-order valence-corrected chi connectivity index (χ3v) is 14.9. The number of fused-ring (bicyclic) bond motifs is 2. The largest absolute Gasteiger partial charge is 0.460 e. The first-order valence-electron chi connectivity index (χ1n) is 16.7. The summed E-state index contributed by atoms with van der Waals surface area (Å²) in [6.45, 7) is 7.80. The summed E-state index contributed by atoms with van der Waals surface area (Å²) in [7, 11) is -3.88. The average Bonchev–Trinajstić information content (AvgIpc) is 3.13. The highest BCUT2D eigenvalue weighted by molar-refractivity contribution is 7.91. The Morgan fingerprint density at radius 2 is 1.71 bits per heavy atom. The Labute approximate surface area is 277 Å². The molecule has 0 radical (unpaired) electrons. The molecule has 2 saturated heterocycles. The molecular weight excluding hydrogens is 653 g/mol. The fraction of sp³-hybridized carbons (Fsp3) is 0.686. The SMILES string of the molecule is C=C1C(=O)[C@]23[C@H](OC(=O)C4CCC(CS(=O)(=O)c5ccc(C(F)(F)F)cc5)CC4)[C@H]1CC[C@H]2[C@@]12CO[C@@]3(O)[C@@H](O)[C@@H]1C(C)(C)CCC2=O. The Hall–Kier alpha value is -2.61. The van der Waals surface area contributed by atoms with Gasteiger partial charge in [0.25, 0.3) is 0 Å². The molecule has 7 fully saturated rings. The smallest absolute Gasteiger partial charge is 0.416 e. The molecule has 262 valence electrons. The molecule has 8 atom stereocenters. The van der Waals surface area contributed by atoms with Gasteiger partial charge >= 0.3 is 12.1 Å². The number of hydrogen-bond donors (Lipinski definition) is 2. The molecule has 4 bridgehead atoms. The number of sulfone groups is 1. The van der Waals surface area contributed by atoms with E-state index in [1.165, 1.54) is 0 Å². The zero-order chi connectivity index (χ0) is 34.8. The topological polar surface area (TPSA) is 144 Å². The Morgan fingerprint density at radius 3 is 2.33 bits per heavy atom. The second-order valence-electron chi connectivity index (χ2n) is 15.7. The van der Waals surface area contributed by atoms with Crippen molar-refractivity contribution in [2.24, 2.45) is 45.8 Å². The number of carbonyl (C=O) groups excluding carboxylic acids is 3. The molecule has 0 aromatic heterocycles. The monoisotopic (exact) mass is 694 g/mol. The van der Waals surface area contributed by atoms with Crippen molar-refractivity contribution in [2.75, 3.05) is 12.4 Å². The van der Waals surface area contributed by atoms with E-state index in [0.29, 0.717) is 32.1 Å². The highest BCUT2D eigenvalue weighted by Gasteiger charge is 2.88. The van der Waals surface area contributed by atoms with Crippen LogP contribution in [0, 0.1) is 45.8 Å². The zero-order valence-electron chi connectivity index (χ0n) is 26.9. The van der Waals surface area contributed by atoms with Gasteiger partial charge < -0.3 is 19.7 Å². The number of aliphatic hydroxyl groups is 2. The minimum Gasteiger partial charge on any atom is -0.460 e. The second-order valence-corrected chi connectivity index (χ2v) is 17.7. The van der Waals surface area contributed by atoms with Crippen LogP contribution >= 0.6 is 0 Å². The van der Waals surface area contributed by atoms with Gasteiger partial charge in [0.2, 0.25) is 5.79 Å². The minimum atomic E-state index is -4.58. The van der Waals surface area contributed by atoms with Crippen molar-refractivity contribution in [1.29, 1.82) is 0 Å². The number of hydrogen-bond acceptors (Lipinski definition) is 9. The van der Waals surface area contributed by atoms with Crippen molar-refractivity contribution in [1.82, 2.24) is 0 Å². The summed E-state index contributed by atoms with van der Waals surface area (Å²) in [4.78, 5) is 41.8. The van der Waals surface area contributed by atoms with E-state index >= 15 is 0 Å². The molecule has 2 spiro atoms. The molecule has 8 rings (SSSR count). The Balaban J connectivity index is 1.10. The first-order valence-corrected chi connectivity index (χ1v) is 18.4. The molecule has 9 nitrogen and oxygen atoms in total. The van der Waals surface area contributed by atoms with Gasteiger partial charge in [0, 0.05) is 18.3 Å². The molecule has 5 aliphatic carbocycles. The standard InChI is InChI=1S/C35H41F3O9S/c1-18-23-12-13-24-32-17-46-34(43,28(41)26(32)31(2,3)15-14-25(32)39)33(24,27(18)40)29(23)47-30(42)20-6-4-19(5-7-20)16-48(44,45)22-10-8-21(9-11-22)35(36,37)38/h8-11,19-20,23-24,26,28-29,41,43H,1,4-7,12-17H2,2-3H3/t19?,20?,23-,24-,26+,28-,29+,32+,33-,34-/m0/s1. The van der Waals surface area contributed by atoms with Crippen molar-refractivity contribution in [3.05, 3.63) is 42.0 Å². The van der Waals surface area contributed by atoms with Crippen LogP contribution in [0.3, 0.4) is 0 Å². The first-order chi connectivity index (χ1) is 22.3. The van der Waals surface area contributed by atoms with E-state index in [4.69, 9.17) is 9.47 Å². The summed E-state index contributed by atoms with van der Waals surface area (Å²) >= 11 is 0. The summed E-state index contributed by atoms with van der Waals surface area (Å²) in [5.74, 6) is -6.91. The molecule has 0 unspecified atom stereocenters. The fourth-order valence-corrected chi connectivity index (χ4v) is 12.5. The summed E-state index contributed by atoms with van der Waals surface area (Å²) in [5.41, 5.74) is -4.43. The highest BCUT2D eigenvalue weighted by Crippen LogP contribution is 2.76. The first kappa shape index (κ1) is 33.9. The van der Waals surface area contributed by atoms with E-state index in [1.54, 1.807) is 0 Å². The van der Waals surface area contributed by atoms with Crippen LogP contribution in [-0.2, 0) is 39.9 Å². The summed E-state index contributed by atoms with van der Waals surface area (Å²) in [5, 5.41) is 24.2. The molecule has 2 heterocycles. The Morgan fingerprint density at radius 1 is 1.06 bits per heavy atom. The molecule has 0 amide bonds. The maximum Gasteiger partial charge on any atom is 0.416 e. The Kier molecular flexibility index (Phi) is 7.55. The van der Waals surface area contributed by atoms with Gasteiger partial charge in [-0.05, 0) is 92.0 Å². The lowest BCUT2D eigenvalue weighted by molar-refractivity contribution is -0.437. The van der Waals surface area contributed by atoms with Gasteiger partial charge in [-0.2, -0.15) is 13.2 Å². The lowest BCUT2D eigenvalue weighted by Gasteiger charge is -2.73. The van der Waals surface area contributed by atoms with Crippen molar-refractivity contribution < 1.29 is 55.7 Å². The van der Waals surface area contributed by atoms with Crippen molar-refractivity contribution in [3.8, 4) is 0 Å². The van der Waals surface area contributed by atoms with Gasteiger partial charge in [0.15, 0.2) is 15.6 Å². The summed E-state index contributed by atoms with van der Waals surface area (Å²) < 4.78 is 77.0. The molecule has 13 heteroatoms. The normalized spacial score (nSPS) is 41.9. The average molecular weight is 695 g/mol. The maximum atomic E-state index is 14.3. The molecule has 2 aliphatic heterocycles. The van der Waals surface area contributed by atoms with E-state index in [2.05, 4.69) is 6.58 Å². The van der Waals surface area contributed by atoms with Gasteiger partial charge in [-0.3, -0.25) is 14.4 Å². The van der Waals surface area contributed by atoms with E-state index in [0.717, 1.165) is 24.3 Å². The predicted molar refractivity (Wildman–Crippen MR) is 162 cm³/mol. The number of halogens is 3. The summed E-state index contributed by atoms with van der Waals surface area (Å²) in [6, 6.07) is 3.39. The van der Waals surface area contributed by atoms with E-state index in [-0.39, 0.29) is 53.8 Å². The molecular formula is C35H41F3O9S. The van der Waals surface area contributed by atoms with Crippen LogP contribution in [0.5, 0.6) is 0 Å². The lowest BCUT2D eigenvalue weighted by atomic mass is 9.36. The van der Waals surface area contributed by atoms with Crippen LogP contribution in [0.15, 0.2) is 41.3 Å². The van der Waals surface area contributed by atoms with E-state index in [9.17, 15) is 46.2 Å². The number of ketones is 2. The maximum absolute atomic E-state index is 14.3. The molecule has 1 aromatic carbocycles. The van der Waals surface area contributed by atoms with Crippen molar-refractivity contribution >= 4 is 27.4 Å². The van der Waals surface area contributed by atoms with Crippen LogP contribution in [0.25, 0.3) is 0 Å².